The van der Waals surface area contributed by atoms with E-state index in [0.29, 0.717) is 31.1 Å². The molecule has 0 radical (unpaired) electrons. The molecule has 1 fully saturated rings. The summed E-state index contributed by atoms with van der Waals surface area (Å²) in [4.78, 5) is 27.5. The monoisotopic (exact) mass is 518 g/mol. The minimum absolute atomic E-state index is 0.0273. The second kappa shape index (κ2) is 15.4. The summed E-state index contributed by atoms with van der Waals surface area (Å²) in [5.41, 5.74) is 1.54. The summed E-state index contributed by atoms with van der Waals surface area (Å²) in [7, 11) is 0. The summed E-state index contributed by atoms with van der Waals surface area (Å²) >= 11 is 0. The molecule has 3 rings (SSSR count). The number of hydrogen-bond acceptors (Lipinski definition) is 7. The van der Waals surface area contributed by atoms with Crippen molar-refractivity contribution in [1.82, 2.24) is 0 Å². The molecule has 8 heteroatoms. The maximum Gasteiger partial charge on any atom is 0.342 e. The van der Waals surface area contributed by atoms with Crippen molar-refractivity contribution in [3.8, 4) is 17.6 Å². The Morgan fingerprint density at radius 2 is 1.68 bits per heavy atom. The van der Waals surface area contributed by atoms with Crippen LogP contribution in [-0.2, 0) is 20.7 Å². The van der Waals surface area contributed by atoms with Gasteiger partial charge < -0.3 is 18.9 Å². The van der Waals surface area contributed by atoms with E-state index in [1.165, 1.54) is 6.07 Å². The predicted octanol–water partition coefficient (Wildman–Crippen LogP) is 6.33. The number of nitrogens with zero attached hydrogens (tertiary/aromatic N) is 2. The fraction of sp³-hybridized carbons (Fsp3) is 0.467. The number of ether oxygens (including phenoxy) is 4. The van der Waals surface area contributed by atoms with Gasteiger partial charge in [-0.2, -0.15) is 5.26 Å². The van der Waals surface area contributed by atoms with Gasteiger partial charge >= 0.3 is 11.9 Å². The lowest BCUT2D eigenvalue weighted by atomic mass is 10.0. The smallest absolute Gasteiger partial charge is 0.342 e. The fourth-order valence-corrected chi connectivity index (χ4v) is 3.89. The molecule has 2 aromatic rings. The van der Waals surface area contributed by atoms with E-state index >= 15 is 0 Å². The maximum atomic E-state index is 12.7. The largest absolute Gasteiger partial charge is 0.494 e. The highest BCUT2D eigenvalue weighted by atomic mass is 16.6. The molecular formula is C30H34N2O6. The van der Waals surface area contributed by atoms with Gasteiger partial charge in [-0.25, -0.2) is 14.4 Å². The molecule has 200 valence electrons. The Balaban J connectivity index is 1.43. The molecule has 0 aromatic heterocycles. The van der Waals surface area contributed by atoms with E-state index in [0.717, 1.165) is 63.4 Å². The van der Waals surface area contributed by atoms with Crippen LogP contribution in [0.4, 0.5) is 5.69 Å². The molecule has 1 aliphatic heterocycles. The van der Waals surface area contributed by atoms with Crippen LogP contribution in [0.15, 0.2) is 36.4 Å². The average Bonchev–Trinajstić information content (AvgIpc) is 3.79. The van der Waals surface area contributed by atoms with E-state index < -0.39 is 5.97 Å². The molecule has 0 bridgehead atoms. The molecule has 0 saturated carbocycles. The van der Waals surface area contributed by atoms with E-state index in [4.69, 9.17) is 25.5 Å². The number of hydrogen-bond donors (Lipinski definition) is 0. The Morgan fingerprint density at radius 1 is 1.00 bits per heavy atom. The SMILES string of the molecule is [C-]#[N+]c1c(OC(=O)c2ccc(CCCCCCCOC(=O)C3CO3)cc2)ccc(OCCCCC)c1C#N. The van der Waals surface area contributed by atoms with Crippen LogP contribution in [0.3, 0.4) is 0 Å². The number of esters is 2. The summed E-state index contributed by atoms with van der Waals surface area (Å²) in [5.74, 6) is -0.472. The van der Waals surface area contributed by atoms with E-state index in [1.807, 2.05) is 18.2 Å². The first-order chi connectivity index (χ1) is 18.6. The van der Waals surface area contributed by atoms with Gasteiger partial charge in [-0.15, -0.1) is 0 Å². The van der Waals surface area contributed by atoms with Gasteiger partial charge in [0.15, 0.2) is 6.10 Å². The second-order valence-electron chi connectivity index (χ2n) is 9.16. The van der Waals surface area contributed by atoms with Gasteiger partial charge in [0.05, 0.1) is 38.0 Å². The molecule has 0 N–H and O–H groups in total. The van der Waals surface area contributed by atoms with Crippen molar-refractivity contribution in [2.75, 3.05) is 19.8 Å². The standard InChI is InChI=1S/C30H34N2O6/c1-3-4-9-18-35-25-16-17-26(28(32-2)24(25)20-31)38-29(33)23-14-12-22(13-15-23)11-8-6-5-7-10-19-36-30(34)27-21-37-27/h12-17,27H,3-11,18-19,21H2,1H3. The van der Waals surface area contributed by atoms with Crippen molar-refractivity contribution >= 4 is 17.6 Å². The minimum atomic E-state index is -0.587. The molecule has 0 aliphatic carbocycles. The Labute approximate surface area is 224 Å². The molecule has 1 saturated heterocycles. The minimum Gasteiger partial charge on any atom is -0.494 e. The molecular weight excluding hydrogens is 484 g/mol. The van der Waals surface area contributed by atoms with E-state index in [-0.39, 0.29) is 29.1 Å². The van der Waals surface area contributed by atoms with Crippen LogP contribution in [0.2, 0.25) is 0 Å². The summed E-state index contributed by atoms with van der Waals surface area (Å²) < 4.78 is 21.2. The maximum absolute atomic E-state index is 12.7. The number of epoxide rings is 1. The van der Waals surface area contributed by atoms with Gasteiger partial charge in [-0.1, -0.05) is 51.2 Å². The van der Waals surface area contributed by atoms with Gasteiger partial charge in [0.1, 0.15) is 17.1 Å². The van der Waals surface area contributed by atoms with Crippen LogP contribution in [0.25, 0.3) is 4.85 Å². The van der Waals surface area contributed by atoms with Crippen molar-refractivity contribution in [1.29, 1.82) is 5.26 Å². The van der Waals surface area contributed by atoms with Crippen LogP contribution in [0.5, 0.6) is 11.5 Å². The number of unbranched alkanes of at least 4 members (excludes halogenated alkanes) is 6. The lowest BCUT2D eigenvalue weighted by molar-refractivity contribution is -0.145. The van der Waals surface area contributed by atoms with Crippen LogP contribution in [0, 0.1) is 17.9 Å². The van der Waals surface area contributed by atoms with Crippen molar-refractivity contribution in [3.63, 3.8) is 0 Å². The van der Waals surface area contributed by atoms with Crippen LogP contribution < -0.4 is 9.47 Å². The summed E-state index contributed by atoms with van der Waals surface area (Å²) in [6, 6.07) is 12.3. The van der Waals surface area contributed by atoms with Crippen molar-refractivity contribution < 1.29 is 28.5 Å². The van der Waals surface area contributed by atoms with Gasteiger partial charge in [-0.05, 0) is 55.5 Å². The van der Waals surface area contributed by atoms with E-state index in [2.05, 4.69) is 11.8 Å². The normalized spacial score (nSPS) is 13.7. The Hall–Kier alpha value is -3.88. The third-order valence-corrected chi connectivity index (χ3v) is 6.17. The molecule has 8 nitrogen and oxygen atoms in total. The van der Waals surface area contributed by atoms with Crippen molar-refractivity contribution in [2.24, 2.45) is 0 Å². The lowest BCUT2D eigenvalue weighted by Gasteiger charge is -2.12. The zero-order valence-corrected chi connectivity index (χ0v) is 21.9. The van der Waals surface area contributed by atoms with E-state index in [9.17, 15) is 14.9 Å². The lowest BCUT2D eigenvalue weighted by Crippen LogP contribution is -2.12. The first kappa shape index (κ1) is 28.7. The zero-order chi connectivity index (χ0) is 27.2. The first-order valence-corrected chi connectivity index (χ1v) is 13.2. The quantitative estimate of drug-likeness (QED) is 0.0841. The average molecular weight is 519 g/mol. The van der Waals surface area contributed by atoms with Crippen molar-refractivity contribution in [3.05, 3.63) is 64.5 Å². The molecule has 1 aliphatic rings. The Morgan fingerprint density at radius 3 is 2.37 bits per heavy atom. The Bertz CT molecular complexity index is 1160. The molecule has 0 spiro atoms. The van der Waals surface area contributed by atoms with Gasteiger partial charge in [0, 0.05) is 0 Å². The molecule has 1 unspecified atom stereocenters. The first-order valence-electron chi connectivity index (χ1n) is 13.2. The number of rotatable bonds is 16. The van der Waals surface area contributed by atoms with Crippen LogP contribution in [0.1, 0.15) is 79.8 Å². The third kappa shape index (κ3) is 8.90. The molecule has 38 heavy (non-hydrogen) atoms. The summed E-state index contributed by atoms with van der Waals surface area (Å²) in [6.45, 7) is 11.0. The van der Waals surface area contributed by atoms with Crippen LogP contribution in [-0.4, -0.2) is 37.9 Å². The number of carbonyl (C=O) groups is 2. The van der Waals surface area contributed by atoms with Gasteiger partial charge in [0.25, 0.3) is 0 Å². The summed E-state index contributed by atoms with van der Waals surface area (Å²) in [6.07, 6.45) is 8.53. The number of nitriles is 1. The number of benzene rings is 2. The highest BCUT2D eigenvalue weighted by Crippen LogP contribution is 2.38. The molecule has 1 atom stereocenters. The number of carbonyl (C=O) groups excluding carboxylic acids is 2. The fourth-order valence-electron chi connectivity index (χ4n) is 3.89. The topological polar surface area (TPSA) is 103 Å². The molecule has 2 aromatic carbocycles. The highest BCUT2D eigenvalue weighted by Gasteiger charge is 2.32. The van der Waals surface area contributed by atoms with Gasteiger partial charge in [-0.3, -0.25) is 0 Å². The van der Waals surface area contributed by atoms with Gasteiger partial charge in [0.2, 0.25) is 5.69 Å². The zero-order valence-electron chi connectivity index (χ0n) is 21.9. The molecule has 0 amide bonds. The summed E-state index contributed by atoms with van der Waals surface area (Å²) in [5, 5.41) is 9.59. The number of aryl methyl sites for hydroxylation is 1. The Kier molecular flexibility index (Phi) is 11.6. The van der Waals surface area contributed by atoms with E-state index in [1.54, 1.807) is 18.2 Å². The van der Waals surface area contributed by atoms with Crippen molar-refractivity contribution in [2.45, 2.75) is 70.8 Å². The third-order valence-electron chi connectivity index (χ3n) is 6.17. The highest BCUT2D eigenvalue weighted by molar-refractivity contribution is 5.92. The predicted molar refractivity (Wildman–Crippen MR) is 141 cm³/mol. The second-order valence-corrected chi connectivity index (χ2v) is 9.16. The molecule has 1 heterocycles. The van der Waals surface area contributed by atoms with Crippen LogP contribution >= 0.6 is 0 Å².